The molecule has 0 bridgehead atoms. The predicted octanol–water partition coefficient (Wildman–Crippen LogP) is 1.09. The number of nitrogens with one attached hydrogen (secondary N) is 1. The van der Waals surface area contributed by atoms with Crippen LogP contribution < -0.4 is 5.32 Å². The van der Waals surface area contributed by atoms with E-state index in [0.717, 1.165) is 12.8 Å². The number of carbonyl (C=O) groups excluding carboxylic acids is 2. The molecule has 0 spiro atoms. The first-order valence-electron chi connectivity index (χ1n) is 6.91. The van der Waals surface area contributed by atoms with Crippen molar-refractivity contribution in [2.45, 2.75) is 45.2 Å². The number of carbonyl (C=O) groups is 2. The summed E-state index contributed by atoms with van der Waals surface area (Å²) in [6.45, 7) is 8.88. The molecule has 2 amide bonds. The quantitative estimate of drug-likeness (QED) is 0.529. The molecule has 1 aliphatic heterocycles. The lowest BCUT2D eigenvalue weighted by molar-refractivity contribution is -0.149. The van der Waals surface area contributed by atoms with Crippen LogP contribution in [0.15, 0.2) is 12.7 Å². The van der Waals surface area contributed by atoms with E-state index < -0.39 is 6.04 Å². The van der Waals surface area contributed by atoms with Crippen LogP contribution in [-0.2, 0) is 14.3 Å². The molecule has 5 nitrogen and oxygen atoms in total. The van der Waals surface area contributed by atoms with Gasteiger partial charge in [-0.05, 0) is 19.8 Å². The lowest BCUT2D eigenvalue weighted by atomic mass is 10.0. The first kappa shape index (κ1) is 15.7. The van der Waals surface area contributed by atoms with Crippen LogP contribution in [0.1, 0.15) is 33.1 Å². The molecule has 2 atom stereocenters. The van der Waals surface area contributed by atoms with Crippen LogP contribution in [0.5, 0.6) is 0 Å². The Morgan fingerprint density at radius 3 is 2.79 bits per heavy atom. The molecule has 1 heterocycles. The van der Waals surface area contributed by atoms with Crippen LogP contribution >= 0.6 is 0 Å². The van der Waals surface area contributed by atoms with Crippen LogP contribution in [0.2, 0.25) is 0 Å². The van der Waals surface area contributed by atoms with Crippen molar-refractivity contribution < 1.29 is 14.3 Å². The van der Waals surface area contributed by atoms with Crippen LogP contribution in [0, 0.1) is 0 Å². The fraction of sp³-hybridized carbons (Fsp3) is 0.714. The standard InChI is InChI=1S/C14H24N2O3/c1-4-6-9-19-10-8-16-11(3)13(17)15-12(7-5-2)14(16)18/h4,11-12H,1,5-10H2,2-3H3,(H,15,17). The van der Waals surface area contributed by atoms with E-state index in [-0.39, 0.29) is 17.9 Å². The van der Waals surface area contributed by atoms with Gasteiger partial charge in [-0.3, -0.25) is 9.59 Å². The number of hydrogen-bond donors (Lipinski definition) is 1. The van der Waals surface area contributed by atoms with Gasteiger partial charge in [0.1, 0.15) is 12.1 Å². The summed E-state index contributed by atoms with van der Waals surface area (Å²) in [6, 6.07) is -0.787. The number of ether oxygens (including phenoxy) is 1. The second-order valence-corrected chi connectivity index (χ2v) is 4.75. The lowest BCUT2D eigenvalue weighted by Crippen LogP contribution is -2.62. The fourth-order valence-corrected chi connectivity index (χ4v) is 2.11. The molecular weight excluding hydrogens is 244 g/mol. The zero-order chi connectivity index (χ0) is 14.3. The van der Waals surface area contributed by atoms with E-state index in [1.165, 1.54) is 0 Å². The number of nitrogens with zero attached hydrogens (tertiary/aromatic N) is 1. The van der Waals surface area contributed by atoms with Gasteiger partial charge in [-0.15, -0.1) is 6.58 Å². The molecule has 0 aromatic carbocycles. The molecule has 1 fully saturated rings. The summed E-state index contributed by atoms with van der Waals surface area (Å²) >= 11 is 0. The van der Waals surface area contributed by atoms with E-state index in [1.54, 1.807) is 17.9 Å². The van der Waals surface area contributed by atoms with Crippen LogP contribution in [0.4, 0.5) is 0 Å². The van der Waals surface area contributed by atoms with E-state index in [9.17, 15) is 9.59 Å². The fourth-order valence-electron chi connectivity index (χ4n) is 2.11. The minimum Gasteiger partial charge on any atom is -0.379 e. The molecule has 1 aliphatic rings. The molecule has 0 radical (unpaired) electrons. The Balaban J connectivity index is 2.49. The number of amides is 2. The second kappa shape index (κ2) is 7.94. The Morgan fingerprint density at radius 2 is 2.16 bits per heavy atom. The number of piperazine rings is 1. The predicted molar refractivity (Wildman–Crippen MR) is 73.6 cm³/mol. The Kier molecular flexibility index (Phi) is 6.56. The third kappa shape index (κ3) is 4.35. The first-order chi connectivity index (χ1) is 9.11. The molecule has 19 heavy (non-hydrogen) atoms. The molecular formula is C14H24N2O3. The van der Waals surface area contributed by atoms with E-state index in [0.29, 0.717) is 26.2 Å². The maximum Gasteiger partial charge on any atom is 0.245 e. The van der Waals surface area contributed by atoms with Crippen molar-refractivity contribution in [1.29, 1.82) is 0 Å². The van der Waals surface area contributed by atoms with Crippen molar-refractivity contribution in [1.82, 2.24) is 10.2 Å². The van der Waals surface area contributed by atoms with Gasteiger partial charge in [-0.1, -0.05) is 19.4 Å². The van der Waals surface area contributed by atoms with E-state index >= 15 is 0 Å². The molecule has 1 N–H and O–H groups in total. The van der Waals surface area contributed by atoms with Gasteiger partial charge in [-0.25, -0.2) is 0 Å². The van der Waals surface area contributed by atoms with Crippen molar-refractivity contribution >= 4 is 11.8 Å². The Hall–Kier alpha value is -1.36. The normalized spacial score (nSPS) is 23.4. The molecule has 5 heteroatoms. The molecule has 0 aromatic heterocycles. The van der Waals surface area contributed by atoms with Gasteiger partial charge < -0.3 is 15.0 Å². The highest BCUT2D eigenvalue weighted by molar-refractivity contribution is 5.96. The van der Waals surface area contributed by atoms with E-state index in [4.69, 9.17) is 4.74 Å². The van der Waals surface area contributed by atoms with Crippen LogP contribution in [-0.4, -0.2) is 48.6 Å². The van der Waals surface area contributed by atoms with Crippen molar-refractivity contribution in [2.75, 3.05) is 19.8 Å². The summed E-state index contributed by atoms with van der Waals surface area (Å²) in [5.74, 6) is -0.0783. The van der Waals surface area contributed by atoms with Crippen LogP contribution in [0.25, 0.3) is 0 Å². The van der Waals surface area contributed by atoms with Gasteiger partial charge >= 0.3 is 0 Å². The third-order valence-electron chi connectivity index (χ3n) is 3.26. The molecule has 1 rings (SSSR count). The highest BCUT2D eigenvalue weighted by atomic mass is 16.5. The van der Waals surface area contributed by atoms with Gasteiger partial charge in [0, 0.05) is 6.54 Å². The average Bonchev–Trinajstić information content (AvgIpc) is 2.39. The minimum absolute atomic E-state index is 0.00118. The van der Waals surface area contributed by atoms with Crippen molar-refractivity contribution in [3.63, 3.8) is 0 Å². The topological polar surface area (TPSA) is 58.6 Å². The summed E-state index contributed by atoms with van der Waals surface area (Å²) in [4.78, 5) is 25.7. The largest absolute Gasteiger partial charge is 0.379 e. The van der Waals surface area contributed by atoms with Gasteiger partial charge in [0.25, 0.3) is 0 Å². The lowest BCUT2D eigenvalue weighted by Gasteiger charge is -2.37. The first-order valence-corrected chi connectivity index (χ1v) is 6.91. The monoisotopic (exact) mass is 268 g/mol. The molecule has 1 saturated heterocycles. The number of rotatable bonds is 8. The van der Waals surface area contributed by atoms with Gasteiger partial charge in [0.05, 0.1) is 13.2 Å². The zero-order valence-corrected chi connectivity index (χ0v) is 11.9. The molecule has 0 aromatic rings. The average molecular weight is 268 g/mol. The summed E-state index contributed by atoms with van der Waals surface area (Å²) in [5, 5.41) is 2.77. The molecule has 0 aliphatic carbocycles. The maximum absolute atomic E-state index is 12.2. The minimum atomic E-state index is -0.413. The van der Waals surface area contributed by atoms with E-state index in [2.05, 4.69) is 11.9 Å². The number of hydrogen-bond acceptors (Lipinski definition) is 3. The highest BCUT2D eigenvalue weighted by Crippen LogP contribution is 2.12. The van der Waals surface area contributed by atoms with Crippen LogP contribution in [0.3, 0.4) is 0 Å². The maximum atomic E-state index is 12.2. The molecule has 0 saturated carbocycles. The van der Waals surface area contributed by atoms with Crippen molar-refractivity contribution in [2.24, 2.45) is 0 Å². The highest BCUT2D eigenvalue weighted by Gasteiger charge is 2.36. The summed E-state index contributed by atoms with van der Waals surface area (Å²) in [6.07, 6.45) is 4.14. The molecule has 2 unspecified atom stereocenters. The summed E-state index contributed by atoms with van der Waals surface area (Å²) in [7, 11) is 0. The zero-order valence-electron chi connectivity index (χ0n) is 11.9. The SMILES string of the molecule is C=CCCOCCN1C(=O)C(CCC)NC(=O)C1C. The molecule has 108 valence electrons. The summed E-state index contributed by atoms with van der Waals surface area (Å²) in [5.41, 5.74) is 0. The van der Waals surface area contributed by atoms with Crippen molar-refractivity contribution in [3.8, 4) is 0 Å². The third-order valence-corrected chi connectivity index (χ3v) is 3.26. The Morgan fingerprint density at radius 1 is 1.42 bits per heavy atom. The van der Waals surface area contributed by atoms with Crippen molar-refractivity contribution in [3.05, 3.63) is 12.7 Å². The Labute approximate surface area is 115 Å². The second-order valence-electron chi connectivity index (χ2n) is 4.75. The van der Waals surface area contributed by atoms with Gasteiger partial charge in [-0.2, -0.15) is 0 Å². The van der Waals surface area contributed by atoms with Gasteiger partial charge in [0.2, 0.25) is 11.8 Å². The summed E-state index contributed by atoms with van der Waals surface area (Å²) < 4.78 is 5.41. The Bertz CT molecular complexity index is 331. The smallest absolute Gasteiger partial charge is 0.245 e. The van der Waals surface area contributed by atoms with E-state index in [1.807, 2.05) is 6.92 Å². The van der Waals surface area contributed by atoms with Gasteiger partial charge in [0.15, 0.2) is 0 Å².